The van der Waals surface area contributed by atoms with Gasteiger partial charge in [0.25, 0.3) is 0 Å². The predicted octanol–water partition coefficient (Wildman–Crippen LogP) is 0.698. The van der Waals surface area contributed by atoms with Gasteiger partial charge in [-0.05, 0) is 23.4 Å². The van der Waals surface area contributed by atoms with Crippen LogP contribution in [0.15, 0.2) is 17.6 Å². The van der Waals surface area contributed by atoms with Gasteiger partial charge in [-0.15, -0.1) is 5.10 Å². The van der Waals surface area contributed by atoms with E-state index in [0.717, 1.165) is 37.0 Å². The molecule has 7 nitrogen and oxygen atoms in total. The Morgan fingerprint density at radius 2 is 2.26 bits per heavy atom. The van der Waals surface area contributed by atoms with Gasteiger partial charge in [0, 0.05) is 31.1 Å². The molecule has 0 atom stereocenters. The minimum Gasteiger partial charge on any atom is -0.315 e. The summed E-state index contributed by atoms with van der Waals surface area (Å²) in [5.74, 6) is 0.830. The van der Waals surface area contributed by atoms with Crippen LogP contribution < -0.4 is 5.32 Å². The maximum Gasteiger partial charge on any atom is 0.209 e. The minimum atomic E-state index is 0.794. The normalized spacial score (nSPS) is 11.1. The highest BCUT2D eigenvalue weighted by Gasteiger charge is 2.07. The number of rotatable bonds is 8. The second kappa shape index (κ2) is 7.25. The molecule has 2 rings (SSSR count). The van der Waals surface area contributed by atoms with Crippen molar-refractivity contribution in [3.8, 4) is 0 Å². The fraction of sp³-hybridized carbons (Fsp3) is 0.636. The average molecular weight is 281 g/mol. The highest BCUT2D eigenvalue weighted by atomic mass is 32.2. The van der Waals surface area contributed by atoms with Crippen LogP contribution >= 0.6 is 11.8 Å². The lowest BCUT2D eigenvalue weighted by molar-refractivity contribution is 0.510. The first-order chi connectivity index (χ1) is 9.29. The Balaban J connectivity index is 1.81. The molecule has 2 aromatic rings. The van der Waals surface area contributed by atoms with Crippen molar-refractivity contribution < 1.29 is 0 Å². The molecule has 0 aliphatic rings. The zero-order chi connectivity index (χ0) is 13.5. The van der Waals surface area contributed by atoms with Crippen LogP contribution in [0.4, 0.5) is 0 Å². The highest BCUT2D eigenvalue weighted by Crippen LogP contribution is 2.19. The van der Waals surface area contributed by atoms with Gasteiger partial charge < -0.3 is 5.32 Å². The van der Waals surface area contributed by atoms with Gasteiger partial charge in [-0.3, -0.25) is 4.68 Å². The second-order valence-corrected chi connectivity index (χ2v) is 5.19. The van der Waals surface area contributed by atoms with E-state index < -0.39 is 0 Å². The minimum absolute atomic E-state index is 0.794. The summed E-state index contributed by atoms with van der Waals surface area (Å²) < 4.78 is 3.64. The zero-order valence-electron chi connectivity index (χ0n) is 11.3. The third-order valence-corrected chi connectivity index (χ3v) is 3.58. The molecule has 0 aliphatic heterocycles. The Morgan fingerprint density at radius 3 is 3.00 bits per heavy atom. The number of hydrogen-bond acceptors (Lipinski definition) is 6. The van der Waals surface area contributed by atoms with Crippen molar-refractivity contribution in [3.63, 3.8) is 0 Å². The van der Waals surface area contributed by atoms with Crippen molar-refractivity contribution in [3.05, 3.63) is 18.0 Å². The van der Waals surface area contributed by atoms with Crippen molar-refractivity contribution in [2.45, 2.75) is 30.8 Å². The third kappa shape index (κ3) is 4.32. The van der Waals surface area contributed by atoms with E-state index in [2.05, 4.69) is 32.9 Å². The van der Waals surface area contributed by atoms with Gasteiger partial charge in [0.15, 0.2) is 0 Å². The van der Waals surface area contributed by atoms with Gasteiger partial charge >= 0.3 is 0 Å². The topological polar surface area (TPSA) is 73.5 Å². The molecule has 0 radical (unpaired) electrons. The van der Waals surface area contributed by atoms with Crippen molar-refractivity contribution in [1.82, 2.24) is 35.3 Å². The van der Waals surface area contributed by atoms with Crippen molar-refractivity contribution in [1.29, 1.82) is 0 Å². The van der Waals surface area contributed by atoms with Gasteiger partial charge in [-0.1, -0.05) is 18.7 Å². The van der Waals surface area contributed by atoms with Crippen molar-refractivity contribution in [2.75, 3.05) is 13.1 Å². The van der Waals surface area contributed by atoms with E-state index in [1.165, 1.54) is 5.56 Å². The maximum atomic E-state index is 4.14. The van der Waals surface area contributed by atoms with E-state index in [4.69, 9.17) is 0 Å². The lowest BCUT2D eigenvalue weighted by atomic mass is 10.4. The van der Waals surface area contributed by atoms with Gasteiger partial charge in [0.2, 0.25) is 5.16 Å². The van der Waals surface area contributed by atoms with Crippen LogP contribution in [0.25, 0.3) is 0 Å². The van der Waals surface area contributed by atoms with E-state index in [1.807, 2.05) is 24.1 Å². The molecule has 2 aromatic heterocycles. The van der Waals surface area contributed by atoms with Crippen molar-refractivity contribution in [2.24, 2.45) is 7.05 Å². The summed E-state index contributed by atoms with van der Waals surface area (Å²) in [6, 6.07) is 0. The summed E-state index contributed by atoms with van der Waals surface area (Å²) in [5, 5.41) is 20.1. The smallest absolute Gasteiger partial charge is 0.209 e. The molecule has 0 aliphatic carbocycles. The number of tetrazole rings is 1. The van der Waals surface area contributed by atoms with Crippen LogP contribution in [0.3, 0.4) is 0 Å². The van der Waals surface area contributed by atoms with E-state index in [1.54, 1.807) is 16.4 Å². The number of nitrogens with one attached hydrogen (secondary N) is 1. The number of hydrogen-bond donors (Lipinski definition) is 1. The molecule has 104 valence electrons. The molecule has 1 N–H and O–H groups in total. The van der Waals surface area contributed by atoms with Crippen LogP contribution in [0.2, 0.25) is 0 Å². The number of thioether (sulfide) groups is 1. The molecule has 0 spiro atoms. The Hall–Kier alpha value is -1.41. The molecule has 0 saturated carbocycles. The Labute approximate surface area is 116 Å². The summed E-state index contributed by atoms with van der Waals surface area (Å²) in [5.41, 5.74) is 1.17. The molecule has 0 bridgehead atoms. The largest absolute Gasteiger partial charge is 0.315 e. The van der Waals surface area contributed by atoms with Crippen LogP contribution in [-0.4, -0.2) is 43.1 Å². The number of aromatic nitrogens is 6. The first-order valence-electron chi connectivity index (χ1n) is 6.36. The second-order valence-electron chi connectivity index (χ2n) is 4.25. The summed E-state index contributed by atoms with van der Waals surface area (Å²) in [4.78, 5) is 0. The molecule has 0 fully saturated rings. The SMILES string of the molecule is CCCNCCn1nnnc1SCc1cnn(C)c1. The lowest BCUT2D eigenvalue weighted by Gasteiger charge is -2.04. The third-order valence-electron chi connectivity index (χ3n) is 2.55. The molecule has 2 heterocycles. The van der Waals surface area contributed by atoms with E-state index in [-0.39, 0.29) is 0 Å². The number of nitrogens with zero attached hydrogens (tertiary/aromatic N) is 6. The molecular formula is C11H19N7S. The average Bonchev–Trinajstić information content (AvgIpc) is 3.01. The molecule has 0 aromatic carbocycles. The molecule has 8 heteroatoms. The Bertz CT molecular complexity index is 493. The van der Waals surface area contributed by atoms with Gasteiger partial charge in [0.1, 0.15) is 0 Å². The van der Waals surface area contributed by atoms with E-state index in [0.29, 0.717) is 0 Å². The highest BCUT2D eigenvalue weighted by molar-refractivity contribution is 7.98. The summed E-state index contributed by atoms with van der Waals surface area (Å²) in [7, 11) is 1.91. The standard InChI is InChI=1S/C11H19N7S/c1-3-4-12-5-6-18-11(14-15-16-18)19-9-10-7-13-17(2)8-10/h7-8,12H,3-6,9H2,1-2H3. The van der Waals surface area contributed by atoms with E-state index in [9.17, 15) is 0 Å². The van der Waals surface area contributed by atoms with Gasteiger partial charge in [-0.25, -0.2) is 4.68 Å². The summed E-state index contributed by atoms with van der Waals surface area (Å²) in [6.07, 6.45) is 5.01. The van der Waals surface area contributed by atoms with Crippen molar-refractivity contribution >= 4 is 11.8 Å². The monoisotopic (exact) mass is 281 g/mol. The van der Waals surface area contributed by atoms with Crippen LogP contribution in [-0.2, 0) is 19.3 Å². The van der Waals surface area contributed by atoms with Gasteiger partial charge in [0.05, 0.1) is 12.7 Å². The van der Waals surface area contributed by atoms with Crippen LogP contribution in [0.1, 0.15) is 18.9 Å². The Kier molecular flexibility index (Phi) is 5.34. The zero-order valence-corrected chi connectivity index (χ0v) is 12.1. The first kappa shape index (κ1) is 14.0. The van der Waals surface area contributed by atoms with E-state index >= 15 is 0 Å². The quantitative estimate of drug-likeness (QED) is 0.567. The lowest BCUT2D eigenvalue weighted by Crippen LogP contribution is -2.21. The fourth-order valence-corrected chi connectivity index (χ4v) is 2.44. The van der Waals surface area contributed by atoms with Crippen LogP contribution in [0, 0.1) is 0 Å². The first-order valence-corrected chi connectivity index (χ1v) is 7.35. The van der Waals surface area contributed by atoms with Crippen LogP contribution in [0.5, 0.6) is 0 Å². The molecule has 0 unspecified atom stereocenters. The molecule has 19 heavy (non-hydrogen) atoms. The molecular weight excluding hydrogens is 262 g/mol. The summed E-state index contributed by atoms with van der Waals surface area (Å²) in [6.45, 7) is 4.86. The Morgan fingerprint density at radius 1 is 1.37 bits per heavy atom. The molecule has 0 saturated heterocycles. The maximum absolute atomic E-state index is 4.14. The predicted molar refractivity (Wildman–Crippen MR) is 73.7 cm³/mol. The number of aryl methyl sites for hydroxylation is 1. The van der Waals surface area contributed by atoms with Gasteiger partial charge in [-0.2, -0.15) is 5.10 Å². The summed E-state index contributed by atoms with van der Waals surface area (Å²) >= 11 is 1.63. The fourth-order valence-electron chi connectivity index (χ4n) is 1.62. The molecule has 0 amide bonds.